The van der Waals surface area contributed by atoms with Crippen LogP contribution in [0.1, 0.15) is 11.1 Å². The van der Waals surface area contributed by atoms with Gasteiger partial charge in [0.15, 0.2) is 0 Å². The second kappa shape index (κ2) is 6.84. The number of aryl methyl sites for hydroxylation is 2. The minimum atomic E-state index is -0.615. The minimum absolute atomic E-state index is 0.152. The Hall–Kier alpha value is -3.94. The number of hydrogen-bond donors (Lipinski definition) is 2. The van der Waals surface area contributed by atoms with Crippen LogP contribution in [0.4, 0.5) is 0 Å². The maximum absolute atomic E-state index is 11.8. The summed E-state index contributed by atoms with van der Waals surface area (Å²) in [6, 6.07) is 5.02. The van der Waals surface area contributed by atoms with Crippen molar-refractivity contribution in [2.75, 3.05) is 14.2 Å². The second-order valence-corrected chi connectivity index (χ2v) is 6.81. The molecule has 0 saturated heterocycles. The van der Waals surface area contributed by atoms with E-state index in [0.29, 0.717) is 33.0 Å². The van der Waals surface area contributed by atoms with E-state index >= 15 is 0 Å². The fourth-order valence-electron chi connectivity index (χ4n) is 3.90. The van der Waals surface area contributed by atoms with E-state index in [0.717, 1.165) is 0 Å². The Morgan fingerprint density at radius 1 is 0.700 bits per heavy atom. The summed E-state index contributed by atoms with van der Waals surface area (Å²) in [5.74, 6) is 0.152. The molecule has 154 valence electrons. The molecule has 2 aromatic carbocycles. The van der Waals surface area contributed by atoms with E-state index in [-0.39, 0.29) is 34.2 Å². The van der Waals surface area contributed by atoms with Crippen LogP contribution in [-0.4, -0.2) is 24.4 Å². The number of aromatic hydroxyl groups is 2. The van der Waals surface area contributed by atoms with Crippen molar-refractivity contribution in [3.05, 3.63) is 56.2 Å². The Morgan fingerprint density at radius 2 is 1.07 bits per heavy atom. The van der Waals surface area contributed by atoms with Crippen LogP contribution in [0.25, 0.3) is 33.1 Å². The number of benzene rings is 2. The van der Waals surface area contributed by atoms with E-state index in [1.165, 1.54) is 38.5 Å². The zero-order valence-electron chi connectivity index (χ0n) is 16.7. The molecular weight excluding hydrogens is 392 g/mol. The van der Waals surface area contributed by atoms with Crippen molar-refractivity contribution in [1.29, 1.82) is 0 Å². The summed E-state index contributed by atoms with van der Waals surface area (Å²) in [4.78, 5) is 23.6. The van der Waals surface area contributed by atoms with Crippen molar-refractivity contribution in [3.63, 3.8) is 0 Å². The Kier molecular flexibility index (Phi) is 4.42. The molecule has 8 nitrogen and oxygen atoms in total. The molecule has 2 heterocycles. The highest BCUT2D eigenvalue weighted by molar-refractivity contribution is 6.01. The van der Waals surface area contributed by atoms with Gasteiger partial charge in [-0.05, 0) is 25.0 Å². The lowest BCUT2D eigenvalue weighted by Crippen LogP contribution is -2.02. The zero-order chi connectivity index (χ0) is 21.7. The first-order valence-corrected chi connectivity index (χ1v) is 8.96. The fourth-order valence-corrected chi connectivity index (χ4v) is 3.90. The highest BCUT2D eigenvalue weighted by Crippen LogP contribution is 2.47. The third-order valence-corrected chi connectivity index (χ3v) is 5.14. The van der Waals surface area contributed by atoms with Crippen LogP contribution in [0.2, 0.25) is 0 Å². The van der Waals surface area contributed by atoms with Crippen LogP contribution in [0.3, 0.4) is 0 Å². The Balaban J connectivity index is 2.18. The summed E-state index contributed by atoms with van der Waals surface area (Å²) in [6.07, 6.45) is 0. The van der Waals surface area contributed by atoms with Crippen molar-refractivity contribution in [1.82, 2.24) is 0 Å². The maximum atomic E-state index is 11.8. The van der Waals surface area contributed by atoms with Gasteiger partial charge in [-0.2, -0.15) is 0 Å². The number of rotatable bonds is 3. The molecule has 4 rings (SSSR count). The van der Waals surface area contributed by atoms with Gasteiger partial charge in [0.2, 0.25) is 0 Å². The Labute approximate surface area is 169 Å². The second-order valence-electron chi connectivity index (χ2n) is 6.81. The van der Waals surface area contributed by atoms with Gasteiger partial charge in [0.1, 0.15) is 34.2 Å². The van der Waals surface area contributed by atoms with Gasteiger partial charge in [0, 0.05) is 23.3 Å². The van der Waals surface area contributed by atoms with E-state index in [1.54, 1.807) is 13.8 Å². The highest BCUT2D eigenvalue weighted by atomic mass is 16.5. The SMILES string of the molecule is COc1cc(=O)oc2cc(O)c(-c3c(O)cc4oc(=O)cc(OC)c4c3C)c(C)c12. The van der Waals surface area contributed by atoms with Gasteiger partial charge < -0.3 is 28.5 Å². The minimum Gasteiger partial charge on any atom is -0.507 e. The molecule has 0 unspecified atom stereocenters. The van der Waals surface area contributed by atoms with Crippen molar-refractivity contribution in [2.45, 2.75) is 13.8 Å². The van der Waals surface area contributed by atoms with Crippen LogP contribution in [0, 0.1) is 13.8 Å². The molecule has 0 fully saturated rings. The summed E-state index contributed by atoms with van der Waals surface area (Å²) < 4.78 is 21.1. The van der Waals surface area contributed by atoms with Crippen LogP contribution in [-0.2, 0) is 0 Å². The molecule has 0 amide bonds. The standard InChI is InChI=1S/C22H18O8/c1-9-19(11(23)5-15-21(9)13(27-3)7-17(25)29-15)20-10(2)22-14(28-4)8-18(26)30-16(22)6-12(20)24/h5-8,23-24H,1-4H3. The molecule has 4 aromatic rings. The highest BCUT2D eigenvalue weighted by Gasteiger charge is 2.24. The predicted octanol–water partition coefficient (Wildman–Crippen LogP) is 3.61. The number of phenols is 2. The van der Waals surface area contributed by atoms with Gasteiger partial charge in [-0.25, -0.2) is 9.59 Å². The molecule has 30 heavy (non-hydrogen) atoms. The third kappa shape index (κ3) is 2.76. The van der Waals surface area contributed by atoms with Gasteiger partial charge in [-0.3, -0.25) is 0 Å². The molecule has 0 aliphatic carbocycles. The number of methoxy groups -OCH3 is 2. The normalized spacial score (nSPS) is 11.2. The lowest BCUT2D eigenvalue weighted by atomic mass is 9.90. The Morgan fingerprint density at radius 3 is 1.40 bits per heavy atom. The van der Waals surface area contributed by atoms with Gasteiger partial charge in [-0.1, -0.05) is 0 Å². The number of ether oxygens (including phenoxy) is 2. The monoisotopic (exact) mass is 410 g/mol. The zero-order valence-corrected chi connectivity index (χ0v) is 16.7. The van der Waals surface area contributed by atoms with Crippen molar-refractivity contribution < 1.29 is 28.5 Å². The number of hydrogen-bond acceptors (Lipinski definition) is 8. The van der Waals surface area contributed by atoms with Crippen molar-refractivity contribution >= 4 is 21.9 Å². The first-order valence-electron chi connectivity index (χ1n) is 8.96. The Bertz CT molecular complexity index is 1330. The molecule has 0 radical (unpaired) electrons. The molecule has 0 bridgehead atoms. The predicted molar refractivity (Wildman–Crippen MR) is 110 cm³/mol. The molecule has 0 atom stereocenters. The molecule has 0 saturated carbocycles. The van der Waals surface area contributed by atoms with E-state index in [9.17, 15) is 19.8 Å². The molecule has 0 spiro atoms. The van der Waals surface area contributed by atoms with Gasteiger partial charge >= 0.3 is 11.3 Å². The van der Waals surface area contributed by atoms with E-state index in [1.807, 2.05) is 0 Å². The summed E-state index contributed by atoms with van der Waals surface area (Å²) >= 11 is 0. The topological polar surface area (TPSA) is 119 Å². The average Bonchev–Trinajstić information content (AvgIpc) is 2.68. The van der Waals surface area contributed by atoms with Crippen LogP contribution < -0.4 is 20.7 Å². The number of fused-ring (bicyclic) bond motifs is 2. The smallest absolute Gasteiger partial charge is 0.339 e. The molecular formula is C22H18O8. The molecule has 8 heteroatoms. The summed E-state index contributed by atoms with van der Waals surface area (Å²) in [6.45, 7) is 3.43. The lowest BCUT2D eigenvalue weighted by molar-refractivity contribution is 0.412. The molecule has 2 aromatic heterocycles. The molecule has 0 aliphatic heterocycles. The number of phenolic OH excluding ortho intramolecular Hbond substituents is 2. The van der Waals surface area contributed by atoms with Crippen LogP contribution >= 0.6 is 0 Å². The van der Waals surface area contributed by atoms with Crippen molar-refractivity contribution in [2.24, 2.45) is 0 Å². The van der Waals surface area contributed by atoms with Gasteiger partial charge in [0.25, 0.3) is 0 Å². The lowest BCUT2D eigenvalue weighted by Gasteiger charge is -2.18. The fraction of sp³-hybridized carbons (Fsp3) is 0.182. The molecule has 2 N–H and O–H groups in total. The van der Waals surface area contributed by atoms with Crippen LogP contribution in [0.5, 0.6) is 23.0 Å². The largest absolute Gasteiger partial charge is 0.507 e. The molecule has 0 aliphatic rings. The van der Waals surface area contributed by atoms with E-state index < -0.39 is 11.3 Å². The quantitative estimate of drug-likeness (QED) is 0.492. The van der Waals surface area contributed by atoms with E-state index in [4.69, 9.17) is 18.3 Å². The third-order valence-electron chi connectivity index (χ3n) is 5.14. The van der Waals surface area contributed by atoms with Gasteiger partial charge in [0.05, 0.1) is 37.1 Å². The first-order chi connectivity index (χ1) is 14.3. The summed E-state index contributed by atoms with van der Waals surface area (Å²) in [7, 11) is 2.84. The summed E-state index contributed by atoms with van der Waals surface area (Å²) in [5, 5.41) is 22.5. The maximum Gasteiger partial charge on any atom is 0.339 e. The van der Waals surface area contributed by atoms with E-state index in [2.05, 4.69) is 0 Å². The van der Waals surface area contributed by atoms with Crippen molar-refractivity contribution in [3.8, 4) is 34.1 Å². The average molecular weight is 410 g/mol. The van der Waals surface area contributed by atoms with Crippen LogP contribution in [0.15, 0.2) is 42.7 Å². The van der Waals surface area contributed by atoms with Gasteiger partial charge in [-0.15, -0.1) is 0 Å². The summed E-state index contributed by atoms with van der Waals surface area (Å²) in [5.41, 5.74) is 0.768. The first kappa shape index (κ1) is 19.4.